The molecule has 0 aliphatic carbocycles. The van der Waals surface area contributed by atoms with Crippen molar-refractivity contribution in [2.75, 3.05) is 36.7 Å². The third kappa shape index (κ3) is 6.36. The molecule has 1 saturated heterocycles. The average Bonchev–Trinajstić information content (AvgIpc) is 3.35. The number of sulfonamides is 1. The summed E-state index contributed by atoms with van der Waals surface area (Å²) in [5.74, 6) is 0.647. The molecule has 5 rings (SSSR count). The smallest absolute Gasteiger partial charge is 0.285 e. The second-order valence-corrected chi connectivity index (χ2v) is 13.3. The molecule has 4 heterocycles. The second kappa shape index (κ2) is 12.1. The van der Waals surface area contributed by atoms with E-state index in [2.05, 4.69) is 20.3 Å². The van der Waals surface area contributed by atoms with Gasteiger partial charge in [-0.2, -0.15) is 5.10 Å². The number of hydrogen-bond acceptors (Lipinski definition) is 10. The maximum Gasteiger partial charge on any atom is 0.285 e. The Morgan fingerprint density at radius 3 is 2.52 bits per heavy atom. The van der Waals surface area contributed by atoms with Gasteiger partial charge in [0.2, 0.25) is 16.0 Å². The van der Waals surface area contributed by atoms with Gasteiger partial charge < -0.3 is 15.0 Å². The van der Waals surface area contributed by atoms with Crippen LogP contribution < -0.4 is 25.2 Å². The van der Waals surface area contributed by atoms with E-state index in [9.17, 15) is 18.0 Å². The van der Waals surface area contributed by atoms with Crippen molar-refractivity contribution in [3.05, 3.63) is 68.5 Å². The van der Waals surface area contributed by atoms with E-state index in [4.69, 9.17) is 21.3 Å². The highest BCUT2D eigenvalue weighted by atomic mass is 35.5. The summed E-state index contributed by atoms with van der Waals surface area (Å²) < 4.78 is 34.2. The van der Waals surface area contributed by atoms with Crippen molar-refractivity contribution in [2.45, 2.75) is 38.6 Å². The predicted molar refractivity (Wildman–Crippen MR) is 169 cm³/mol. The fourth-order valence-electron chi connectivity index (χ4n) is 5.68. The Bertz CT molecular complexity index is 1920. The third-order valence-electron chi connectivity index (χ3n) is 7.73. The number of ether oxygens (including phenoxy) is 1. The van der Waals surface area contributed by atoms with Gasteiger partial charge in [0.1, 0.15) is 10.8 Å². The Morgan fingerprint density at radius 2 is 1.86 bits per heavy atom. The van der Waals surface area contributed by atoms with Crippen LogP contribution in [-0.2, 0) is 24.1 Å². The zero-order chi connectivity index (χ0) is 31.9. The van der Waals surface area contributed by atoms with Crippen LogP contribution in [0.5, 0.6) is 5.75 Å². The Morgan fingerprint density at radius 1 is 1.16 bits per heavy atom. The van der Waals surface area contributed by atoms with Crippen LogP contribution in [-0.4, -0.2) is 65.1 Å². The molecule has 4 aromatic rings. The predicted octanol–water partition coefficient (Wildman–Crippen LogP) is 3.28. The molecule has 0 spiro atoms. The molecule has 0 radical (unpaired) electrons. The number of hydrogen-bond donors (Lipinski definition) is 2. The number of carbonyl (C=O) groups is 1. The highest BCUT2D eigenvalue weighted by molar-refractivity contribution is 7.89. The number of rotatable bonds is 8. The molecule has 1 aromatic carbocycles. The van der Waals surface area contributed by atoms with Crippen LogP contribution in [0.2, 0.25) is 5.15 Å². The van der Waals surface area contributed by atoms with Crippen LogP contribution >= 0.6 is 11.6 Å². The lowest BCUT2D eigenvalue weighted by molar-refractivity contribution is 0.0977. The van der Waals surface area contributed by atoms with E-state index >= 15 is 0 Å². The molecule has 3 aromatic heterocycles. The molecule has 1 fully saturated rings. The molecule has 0 unspecified atom stereocenters. The maximum absolute atomic E-state index is 13.7. The fourth-order valence-corrected chi connectivity index (χ4v) is 6.26. The summed E-state index contributed by atoms with van der Waals surface area (Å²) in [5, 5.41) is 8.37. The van der Waals surface area contributed by atoms with E-state index in [0.29, 0.717) is 29.9 Å². The summed E-state index contributed by atoms with van der Waals surface area (Å²) in [4.78, 5) is 37.6. The topological polar surface area (TPSA) is 153 Å². The maximum atomic E-state index is 13.7. The van der Waals surface area contributed by atoms with Crippen LogP contribution in [0.4, 0.5) is 11.6 Å². The Kier molecular flexibility index (Phi) is 8.58. The van der Waals surface area contributed by atoms with Gasteiger partial charge in [-0.05, 0) is 50.5 Å². The molecular weight excluding hydrogens is 608 g/mol. The number of aryl methyl sites for hydroxylation is 2. The number of carbonyl (C=O) groups excluding carboxylic acids is 1. The number of anilines is 2. The zero-order valence-electron chi connectivity index (χ0n) is 25.4. The Hall–Kier alpha value is -4.17. The van der Waals surface area contributed by atoms with E-state index in [1.165, 1.54) is 6.07 Å². The van der Waals surface area contributed by atoms with Gasteiger partial charge in [-0.3, -0.25) is 18.8 Å². The minimum atomic E-state index is -3.84. The van der Waals surface area contributed by atoms with Crippen molar-refractivity contribution in [1.29, 1.82) is 0 Å². The summed E-state index contributed by atoms with van der Waals surface area (Å²) in [6.07, 6.45) is 4.39. The van der Waals surface area contributed by atoms with Crippen LogP contribution in [0.1, 0.15) is 59.0 Å². The summed E-state index contributed by atoms with van der Waals surface area (Å²) >= 11 is 6.04. The SMILES string of the molecule is COc1cn(C)nc1C1CCN(c2nc3c([C@@H](C)Nc4ccc(Cl)nc4C(=O)NS(C)(=O)=O)cc(C)cc3c(=O)n2C)CC1. The summed E-state index contributed by atoms with van der Waals surface area (Å²) in [6.45, 7) is 5.13. The average molecular weight is 643 g/mol. The molecule has 234 valence electrons. The first-order valence-electron chi connectivity index (χ1n) is 14.0. The zero-order valence-corrected chi connectivity index (χ0v) is 27.0. The minimum absolute atomic E-state index is 0.0305. The quantitative estimate of drug-likeness (QED) is 0.274. The molecular formula is C29H35ClN8O5S. The lowest BCUT2D eigenvalue weighted by Crippen LogP contribution is -2.38. The molecule has 13 nitrogen and oxygen atoms in total. The molecule has 2 N–H and O–H groups in total. The molecule has 1 atom stereocenters. The van der Waals surface area contributed by atoms with Gasteiger partial charge in [-0.1, -0.05) is 17.7 Å². The molecule has 0 saturated carbocycles. The fraction of sp³-hybridized carbons (Fsp3) is 0.414. The molecule has 15 heteroatoms. The highest BCUT2D eigenvalue weighted by Gasteiger charge is 2.28. The number of aromatic nitrogens is 5. The molecule has 44 heavy (non-hydrogen) atoms. The second-order valence-electron chi connectivity index (χ2n) is 11.1. The van der Waals surface area contributed by atoms with E-state index < -0.39 is 22.0 Å². The van der Waals surface area contributed by atoms with Crippen molar-refractivity contribution in [2.24, 2.45) is 14.1 Å². The van der Waals surface area contributed by atoms with Crippen LogP contribution in [0, 0.1) is 6.92 Å². The van der Waals surface area contributed by atoms with Crippen LogP contribution in [0.25, 0.3) is 10.9 Å². The van der Waals surface area contributed by atoms with Gasteiger partial charge in [0.05, 0.1) is 42.2 Å². The van der Waals surface area contributed by atoms with Crippen molar-refractivity contribution in [1.82, 2.24) is 29.0 Å². The lowest BCUT2D eigenvalue weighted by Gasteiger charge is -2.33. The van der Waals surface area contributed by atoms with E-state index in [1.54, 1.807) is 29.5 Å². The number of amides is 1. The van der Waals surface area contributed by atoms with Gasteiger partial charge in [-0.25, -0.2) is 23.1 Å². The van der Waals surface area contributed by atoms with Crippen molar-refractivity contribution in [3.8, 4) is 5.75 Å². The number of pyridine rings is 1. The summed E-state index contributed by atoms with van der Waals surface area (Å²) in [7, 11) is 1.42. The first-order chi connectivity index (χ1) is 20.8. The Labute approximate surface area is 260 Å². The van der Waals surface area contributed by atoms with E-state index in [0.717, 1.165) is 41.7 Å². The molecule has 0 bridgehead atoms. The van der Waals surface area contributed by atoms with Crippen LogP contribution in [0.15, 0.2) is 35.3 Å². The first-order valence-corrected chi connectivity index (χ1v) is 16.3. The number of piperidine rings is 1. The van der Waals surface area contributed by atoms with Crippen molar-refractivity contribution >= 4 is 50.1 Å². The van der Waals surface area contributed by atoms with Gasteiger partial charge in [0, 0.05) is 38.7 Å². The van der Waals surface area contributed by atoms with Gasteiger partial charge in [0.25, 0.3) is 11.5 Å². The standard InChI is InChI=1S/C29H35ClN8O5S/c1-16-13-19(17(2)31-21-7-8-23(30)32-26(21)27(39)35-44(6,41)42)25-20(14-16)28(40)37(4)29(33-25)38-11-9-18(10-12-38)24-22(43-5)15-36(3)34-24/h7-8,13-15,17-18,31H,9-12H2,1-6H3,(H,35,39)/t17-/m1/s1. The van der Waals surface area contributed by atoms with Crippen LogP contribution in [0.3, 0.4) is 0 Å². The number of benzene rings is 1. The number of methoxy groups -OCH3 is 1. The van der Waals surface area contributed by atoms with E-state index in [-0.39, 0.29) is 28.0 Å². The first kappa shape index (κ1) is 31.3. The Balaban J connectivity index is 1.48. The normalized spacial score (nSPS) is 14.9. The van der Waals surface area contributed by atoms with Gasteiger partial charge in [-0.15, -0.1) is 0 Å². The lowest BCUT2D eigenvalue weighted by atomic mass is 9.93. The number of nitrogens with zero attached hydrogens (tertiary/aromatic N) is 6. The minimum Gasteiger partial charge on any atom is -0.493 e. The number of fused-ring (bicyclic) bond motifs is 1. The van der Waals surface area contributed by atoms with Crippen molar-refractivity contribution in [3.63, 3.8) is 0 Å². The van der Waals surface area contributed by atoms with E-state index in [1.807, 2.05) is 43.9 Å². The van der Waals surface area contributed by atoms with Gasteiger partial charge >= 0.3 is 0 Å². The largest absolute Gasteiger partial charge is 0.493 e. The summed E-state index contributed by atoms with van der Waals surface area (Å²) in [5.41, 5.74) is 2.99. The summed E-state index contributed by atoms with van der Waals surface area (Å²) in [6, 6.07) is 6.35. The van der Waals surface area contributed by atoms with Gasteiger partial charge in [0.15, 0.2) is 11.4 Å². The molecule has 1 aliphatic heterocycles. The number of halogens is 1. The third-order valence-corrected chi connectivity index (χ3v) is 8.50. The number of nitrogens with one attached hydrogen (secondary N) is 2. The van der Waals surface area contributed by atoms with Crippen molar-refractivity contribution < 1.29 is 17.9 Å². The molecule has 1 amide bonds. The molecule has 1 aliphatic rings. The highest BCUT2D eigenvalue weighted by Crippen LogP contribution is 2.35. The monoisotopic (exact) mass is 642 g/mol.